The highest BCUT2D eigenvalue weighted by Crippen LogP contribution is 2.28. The Bertz CT molecular complexity index is 372. The van der Waals surface area contributed by atoms with Crippen molar-refractivity contribution < 1.29 is 9.90 Å². The van der Waals surface area contributed by atoms with Crippen molar-refractivity contribution in [3.05, 3.63) is 34.3 Å². The molecule has 0 fully saturated rings. The number of benzene rings is 1. The molecule has 0 aliphatic rings. The summed E-state index contributed by atoms with van der Waals surface area (Å²) in [4.78, 5) is 11.1. The van der Waals surface area contributed by atoms with Gasteiger partial charge in [-0.05, 0) is 30.0 Å². The molecule has 3 heteroatoms. The Morgan fingerprint density at radius 1 is 1.40 bits per heavy atom. The largest absolute Gasteiger partial charge is 0.481 e. The van der Waals surface area contributed by atoms with Crippen LogP contribution in [0.25, 0.3) is 0 Å². The van der Waals surface area contributed by atoms with Crippen LogP contribution in [0.1, 0.15) is 30.9 Å². The van der Waals surface area contributed by atoms with Crippen LogP contribution in [-0.2, 0) is 4.79 Å². The van der Waals surface area contributed by atoms with Gasteiger partial charge in [-0.3, -0.25) is 4.79 Å². The van der Waals surface area contributed by atoms with Gasteiger partial charge in [0.15, 0.2) is 0 Å². The lowest BCUT2D eigenvalue weighted by atomic mass is 9.88. The summed E-state index contributed by atoms with van der Waals surface area (Å²) in [6.07, 6.45) is 0. The Morgan fingerprint density at radius 3 is 2.40 bits per heavy atom. The maximum absolute atomic E-state index is 11.1. The number of aliphatic carboxylic acids is 1. The standard InChI is InChI=1S/C12H15ClO2/c1-7(2)11(12(14)15)9-5-4-8(3)10(13)6-9/h4-7,11H,1-3H3,(H,14,15). The Balaban J connectivity index is 3.12. The summed E-state index contributed by atoms with van der Waals surface area (Å²) in [5.41, 5.74) is 1.74. The lowest BCUT2D eigenvalue weighted by Gasteiger charge is -2.17. The van der Waals surface area contributed by atoms with Crippen LogP contribution in [0.15, 0.2) is 18.2 Å². The van der Waals surface area contributed by atoms with E-state index in [9.17, 15) is 4.79 Å². The summed E-state index contributed by atoms with van der Waals surface area (Å²) in [6.45, 7) is 5.69. The second kappa shape index (κ2) is 4.67. The third-order valence-electron chi connectivity index (χ3n) is 2.49. The molecule has 0 radical (unpaired) electrons. The fraction of sp³-hybridized carbons (Fsp3) is 0.417. The average molecular weight is 227 g/mol. The average Bonchev–Trinajstić information content (AvgIpc) is 2.10. The first-order chi connectivity index (χ1) is 6.93. The van der Waals surface area contributed by atoms with E-state index in [-0.39, 0.29) is 5.92 Å². The fourth-order valence-corrected chi connectivity index (χ4v) is 1.80. The van der Waals surface area contributed by atoms with E-state index in [1.807, 2.05) is 32.9 Å². The zero-order valence-electron chi connectivity index (χ0n) is 9.12. The molecule has 1 aromatic rings. The number of aryl methyl sites for hydroxylation is 1. The zero-order valence-corrected chi connectivity index (χ0v) is 9.88. The summed E-state index contributed by atoms with van der Waals surface area (Å²) in [5.74, 6) is -1.23. The van der Waals surface area contributed by atoms with E-state index in [1.165, 1.54) is 0 Å². The molecule has 2 nitrogen and oxygen atoms in total. The minimum absolute atomic E-state index is 0.0567. The van der Waals surface area contributed by atoms with Gasteiger partial charge < -0.3 is 5.11 Å². The van der Waals surface area contributed by atoms with Crippen LogP contribution in [0.2, 0.25) is 5.02 Å². The number of carbonyl (C=O) groups is 1. The van der Waals surface area contributed by atoms with E-state index in [2.05, 4.69) is 0 Å². The minimum atomic E-state index is -0.801. The highest BCUT2D eigenvalue weighted by Gasteiger charge is 2.23. The SMILES string of the molecule is Cc1ccc(C(C(=O)O)C(C)C)cc1Cl. The number of carboxylic acids is 1. The van der Waals surface area contributed by atoms with Gasteiger partial charge >= 0.3 is 5.97 Å². The zero-order chi connectivity index (χ0) is 11.6. The molecular weight excluding hydrogens is 212 g/mol. The second-order valence-corrected chi connectivity index (χ2v) is 4.48. The van der Waals surface area contributed by atoms with E-state index >= 15 is 0 Å². The number of hydrogen-bond donors (Lipinski definition) is 1. The first-order valence-electron chi connectivity index (χ1n) is 4.92. The number of hydrogen-bond acceptors (Lipinski definition) is 1. The van der Waals surface area contributed by atoms with Crippen molar-refractivity contribution in [1.29, 1.82) is 0 Å². The Morgan fingerprint density at radius 2 is 2.00 bits per heavy atom. The molecule has 1 aromatic carbocycles. The maximum atomic E-state index is 11.1. The van der Waals surface area contributed by atoms with Gasteiger partial charge in [0, 0.05) is 5.02 Å². The molecular formula is C12H15ClO2. The summed E-state index contributed by atoms with van der Waals surface area (Å²) >= 11 is 5.97. The molecule has 1 rings (SSSR count). The number of rotatable bonds is 3. The third-order valence-corrected chi connectivity index (χ3v) is 2.89. The molecule has 1 atom stereocenters. The molecule has 0 saturated heterocycles. The summed E-state index contributed by atoms with van der Waals surface area (Å²) in [7, 11) is 0. The van der Waals surface area contributed by atoms with Gasteiger partial charge in [-0.25, -0.2) is 0 Å². The lowest BCUT2D eigenvalue weighted by Crippen LogP contribution is -2.17. The molecule has 0 bridgehead atoms. The Hall–Kier alpha value is -1.02. The summed E-state index contributed by atoms with van der Waals surface area (Å²) < 4.78 is 0. The van der Waals surface area contributed by atoms with Crippen molar-refractivity contribution in [3.63, 3.8) is 0 Å². The molecule has 0 heterocycles. The Kier molecular flexibility index (Phi) is 3.75. The quantitative estimate of drug-likeness (QED) is 0.857. The van der Waals surface area contributed by atoms with Crippen molar-refractivity contribution in [2.45, 2.75) is 26.7 Å². The van der Waals surface area contributed by atoms with E-state index in [1.54, 1.807) is 6.07 Å². The van der Waals surface area contributed by atoms with E-state index in [4.69, 9.17) is 16.7 Å². The van der Waals surface area contributed by atoms with Crippen LogP contribution in [0.4, 0.5) is 0 Å². The summed E-state index contributed by atoms with van der Waals surface area (Å²) in [5, 5.41) is 9.74. The molecule has 0 aliphatic heterocycles. The predicted octanol–water partition coefficient (Wildman–Crippen LogP) is 3.47. The van der Waals surface area contributed by atoms with Crippen molar-refractivity contribution in [2.24, 2.45) is 5.92 Å². The third kappa shape index (κ3) is 2.72. The molecule has 1 unspecified atom stereocenters. The maximum Gasteiger partial charge on any atom is 0.311 e. The van der Waals surface area contributed by atoms with E-state index < -0.39 is 11.9 Å². The molecule has 0 saturated carbocycles. The van der Waals surface area contributed by atoms with Crippen molar-refractivity contribution in [2.75, 3.05) is 0 Å². The number of carboxylic acid groups (broad SMARTS) is 1. The van der Waals surface area contributed by atoms with Gasteiger partial charge in [-0.2, -0.15) is 0 Å². The van der Waals surface area contributed by atoms with Gasteiger partial charge in [-0.15, -0.1) is 0 Å². The first kappa shape index (κ1) is 12.1. The van der Waals surface area contributed by atoms with Gasteiger partial charge in [0.05, 0.1) is 5.92 Å². The van der Waals surface area contributed by atoms with Crippen LogP contribution >= 0.6 is 11.6 Å². The van der Waals surface area contributed by atoms with Gasteiger partial charge in [0.1, 0.15) is 0 Å². The van der Waals surface area contributed by atoms with Crippen LogP contribution in [-0.4, -0.2) is 11.1 Å². The number of halogens is 1. The van der Waals surface area contributed by atoms with Gasteiger partial charge in [0.2, 0.25) is 0 Å². The molecule has 15 heavy (non-hydrogen) atoms. The molecule has 1 N–H and O–H groups in total. The smallest absolute Gasteiger partial charge is 0.311 e. The monoisotopic (exact) mass is 226 g/mol. The normalized spacial score (nSPS) is 12.9. The van der Waals surface area contributed by atoms with Crippen LogP contribution < -0.4 is 0 Å². The van der Waals surface area contributed by atoms with Crippen molar-refractivity contribution in [3.8, 4) is 0 Å². The van der Waals surface area contributed by atoms with Crippen molar-refractivity contribution >= 4 is 17.6 Å². The van der Waals surface area contributed by atoms with Crippen molar-refractivity contribution in [1.82, 2.24) is 0 Å². The van der Waals surface area contributed by atoms with Crippen LogP contribution in [0.5, 0.6) is 0 Å². The van der Waals surface area contributed by atoms with E-state index in [0.29, 0.717) is 5.02 Å². The molecule has 0 amide bonds. The lowest BCUT2D eigenvalue weighted by molar-refractivity contribution is -0.139. The topological polar surface area (TPSA) is 37.3 Å². The van der Waals surface area contributed by atoms with Crippen LogP contribution in [0.3, 0.4) is 0 Å². The first-order valence-corrected chi connectivity index (χ1v) is 5.30. The van der Waals surface area contributed by atoms with Crippen LogP contribution in [0, 0.1) is 12.8 Å². The fourth-order valence-electron chi connectivity index (χ4n) is 1.62. The van der Waals surface area contributed by atoms with Gasteiger partial charge in [-0.1, -0.05) is 37.6 Å². The molecule has 82 valence electrons. The molecule has 0 spiro atoms. The highest BCUT2D eigenvalue weighted by molar-refractivity contribution is 6.31. The second-order valence-electron chi connectivity index (χ2n) is 4.07. The molecule has 0 aliphatic carbocycles. The Labute approximate surface area is 94.9 Å². The minimum Gasteiger partial charge on any atom is -0.481 e. The van der Waals surface area contributed by atoms with E-state index in [0.717, 1.165) is 11.1 Å². The summed E-state index contributed by atoms with van der Waals surface area (Å²) in [6, 6.07) is 5.44. The molecule has 0 aromatic heterocycles. The highest BCUT2D eigenvalue weighted by atomic mass is 35.5. The predicted molar refractivity (Wildman–Crippen MR) is 61.4 cm³/mol. The van der Waals surface area contributed by atoms with Gasteiger partial charge in [0.25, 0.3) is 0 Å².